The van der Waals surface area contributed by atoms with Gasteiger partial charge in [0.05, 0.1) is 5.56 Å². The minimum Gasteiger partial charge on any atom is -0.314 e. The first-order valence-corrected chi connectivity index (χ1v) is 5.96. The van der Waals surface area contributed by atoms with Crippen LogP contribution in [0.1, 0.15) is 11.6 Å². The minimum atomic E-state index is -4.85. The molecular weight excluding hydrogens is 286 g/mol. The number of nitrogens with zero attached hydrogens (tertiary/aromatic N) is 1. The molecule has 1 aromatic carbocycles. The van der Waals surface area contributed by atoms with E-state index in [2.05, 4.69) is 5.32 Å². The Kier molecular flexibility index (Phi) is 4.24. The van der Waals surface area contributed by atoms with Crippen molar-refractivity contribution in [2.24, 2.45) is 0 Å². The van der Waals surface area contributed by atoms with Gasteiger partial charge in [0.1, 0.15) is 23.5 Å². The molecule has 112 valence electrons. The van der Waals surface area contributed by atoms with Crippen LogP contribution in [0, 0.1) is 17.5 Å². The molecule has 0 saturated carbocycles. The smallest absolute Gasteiger partial charge is 0.314 e. The van der Waals surface area contributed by atoms with E-state index >= 15 is 0 Å². The van der Waals surface area contributed by atoms with Gasteiger partial charge in [-0.25, -0.2) is 13.2 Å². The third-order valence-electron chi connectivity index (χ3n) is 3.14. The van der Waals surface area contributed by atoms with Gasteiger partial charge in [0.15, 0.2) is 0 Å². The van der Waals surface area contributed by atoms with E-state index in [9.17, 15) is 26.3 Å². The predicted molar refractivity (Wildman–Crippen MR) is 59.6 cm³/mol. The second-order valence-corrected chi connectivity index (χ2v) is 4.51. The molecule has 8 heteroatoms. The molecule has 1 N–H and O–H groups in total. The molecule has 0 aliphatic carbocycles. The molecule has 1 aromatic rings. The molecule has 0 unspecified atom stereocenters. The number of alkyl halides is 3. The number of benzene rings is 1. The summed E-state index contributed by atoms with van der Waals surface area (Å²) in [4.78, 5) is 0.940. The molecule has 1 saturated heterocycles. The zero-order chi connectivity index (χ0) is 14.9. The van der Waals surface area contributed by atoms with Crippen LogP contribution in [0.15, 0.2) is 12.1 Å². The van der Waals surface area contributed by atoms with Crippen molar-refractivity contribution in [1.29, 1.82) is 0 Å². The summed E-state index contributed by atoms with van der Waals surface area (Å²) in [6.45, 7) is 0.578. The number of nitrogens with one attached hydrogen (secondary N) is 1. The van der Waals surface area contributed by atoms with Gasteiger partial charge < -0.3 is 5.32 Å². The van der Waals surface area contributed by atoms with Crippen LogP contribution in [0.2, 0.25) is 0 Å². The maximum Gasteiger partial charge on any atom is 0.408 e. The second-order valence-electron chi connectivity index (χ2n) is 4.51. The Morgan fingerprint density at radius 1 is 1.00 bits per heavy atom. The third kappa shape index (κ3) is 3.06. The molecule has 2 nitrogen and oxygen atoms in total. The van der Waals surface area contributed by atoms with Crippen molar-refractivity contribution in [2.45, 2.75) is 12.2 Å². The summed E-state index contributed by atoms with van der Waals surface area (Å²) in [5.74, 6) is -4.29. The minimum absolute atomic E-state index is 0.000430. The van der Waals surface area contributed by atoms with Crippen molar-refractivity contribution in [1.82, 2.24) is 10.2 Å². The van der Waals surface area contributed by atoms with Crippen molar-refractivity contribution < 1.29 is 26.3 Å². The van der Waals surface area contributed by atoms with Gasteiger partial charge in [0.25, 0.3) is 0 Å². The fraction of sp³-hybridized carbons (Fsp3) is 0.500. The predicted octanol–water partition coefficient (Wildman–Crippen LogP) is 2.61. The summed E-state index contributed by atoms with van der Waals surface area (Å²) in [7, 11) is 0. The first-order chi connectivity index (χ1) is 9.30. The largest absolute Gasteiger partial charge is 0.408 e. The Labute approximate surface area is 111 Å². The number of halogens is 6. The van der Waals surface area contributed by atoms with Crippen molar-refractivity contribution in [3.63, 3.8) is 0 Å². The Balaban J connectivity index is 2.46. The summed E-state index contributed by atoms with van der Waals surface area (Å²) >= 11 is 0. The number of hydrogen-bond donors (Lipinski definition) is 1. The average molecular weight is 298 g/mol. The van der Waals surface area contributed by atoms with Crippen LogP contribution in [-0.2, 0) is 0 Å². The van der Waals surface area contributed by atoms with Crippen LogP contribution in [0.25, 0.3) is 0 Å². The molecule has 1 atom stereocenters. The maximum atomic E-state index is 13.6. The summed E-state index contributed by atoms with van der Waals surface area (Å²) in [6, 6.07) is -1.89. The lowest BCUT2D eigenvalue weighted by molar-refractivity contribution is -0.189. The first-order valence-electron chi connectivity index (χ1n) is 5.96. The summed E-state index contributed by atoms with van der Waals surface area (Å²) in [5.41, 5.74) is -1.15. The monoisotopic (exact) mass is 298 g/mol. The Hall–Kier alpha value is -1.28. The average Bonchev–Trinajstić information content (AvgIpc) is 2.33. The highest BCUT2D eigenvalue weighted by Crippen LogP contribution is 2.40. The van der Waals surface area contributed by atoms with Gasteiger partial charge >= 0.3 is 6.18 Å². The Morgan fingerprint density at radius 2 is 1.50 bits per heavy atom. The molecule has 1 heterocycles. The third-order valence-corrected chi connectivity index (χ3v) is 3.14. The fourth-order valence-corrected chi connectivity index (χ4v) is 2.31. The van der Waals surface area contributed by atoms with Crippen LogP contribution < -0.4 is 5.32 Å². The molecule has 0 amide bonds. The second kappa shape index (κ2) is 5.61. The van der Waals surface area contributed by atoms with E-state index in [0.29, 0.717) is 0 Å². The molecule has 1 fully saturated rings. The summed E-state index contributed by atoms with van der Waals surface area (Å²) < 4.78 is 79.6. The van der Waals surface area contributed by atoms with E-state index in [4.69, 9.17) is 0 Å². The van der Waals surface area contributed by atoms with Crippen LogP contribution in [0.4, 0.5) is 26.3 Å². The van der Waals surface area contributed by atoms with Gasteiger partial charge in [-0.15, -0.1) is 0 Å². The molecular formula is C12H12F6N2. The standard InChI is InChI=1S/C12H12F6N2/c13-7-5-8(14)10(9(15)6-7)11(12(16,17)18)20-3-1-19-2-4-20/h5-6,11,19H,1-4H2/t11-/m1/s1. The Morgan fingerprint density at radius 3 is 1.95 bits per heavy atom. The van der Waals surface area contributed by atoms with Gasteiger partial charge in [0, 0.05) is 38.3 Å². The van der Waals surface area contributed by atoms with Gasteiger partial charge in [-0.2, -0.15) is 13.2 Å². The van der Waals surface area contributed by atoms with E-state index in [-0.39, 0.29) is 38.3 Å². The van der Waals surface area contributed by atoms with Gasteiger partial charge in [-0.1, -0.05) is 0 Å². The maximum absolute atomic E-state index is 13.6. The lowest BCUT2D eigenvalue weighted by atomic mass is 10.0. The van der Waals surface area contributed by atoms with Gasteiger partial charge in [-0.05, 0) is 0 Å². The zero-order valence-corrected chi connectivity index (χ0v) is 10.3. The SMILES string of the molecule is Fc1cc(F)c([C@@H](N2CCNCC2)C(F)(F)F)c(F)c1. The van der Waals surface area contributed by atoms with Crippen LogP contribution in [0.3, 0.4) is 0 Å². The van der Waals surface area contributed by atoms with E-state index < -0.39 is 35.2 Å². The van der Waals surface area contributed by atoms with Crippen molar-refractivity contribution in [3.05, 3.63) is 35.1 Å². The van der Waals surface area contributed by atoms with Crippen LogP contribution in [-0.4, -0.2) is 37.3 Å². The molecule has 0 aromatic heterocycles. The molecule has 20 heavy (non-hydrogen) atoms. The summed E-state index contributed by atoms with van der Waals surface area (Å²) in [6.07, 6.45) is -4.85. The molecule has 0 spiro atoms. The first kappa shape index (κ1) is 15.1. The van der Waals surface area contributed by atoms with Crippen LogP contribution in [0.5, 0.6) is 0 Å². The highest BCUT2D eigenvalue weighted by molar-refractivity contribution is 5.26. The number of hydrogen-bond acceptors (Lipinski definition) is 2. The zero-order valence-electron chi connectivity index (χ0n) is 10.3. The molecule has 0 radical (unpaired) electrons. The van der Waals surface area contributed by atoms with Crippen LogP contribution >= 0.6 is 0 Å². The van der Waals surface area contributed by atoms with E-state index in [0.717, 1.165) is 4.90 Å². The highest BCUT2D eigenvalue weighted by atomic mass is 19.4. The lowest BCUT2D eigenvalue weighted by Gasteiger charge is -2.36. The normalized spacial score (nSPS) is 19.1. The summed E-state index contributed by atoms with van der Waals surface area (Å²) in [5, 5.41) is 2.85. The highest BCUT2D eigenvalue weighted by Gasteiger charge is 2.47. The fourth-order valence-electron chi connectivity index (χ4n) is 2.31. The molecule has 0 bridgehead atoms. The topological polar surface area (TPSA) is 15.3 Å². The van der Waals surface area contributed by atoms with Gasteiger partial charge in [0.2, 0.25) is 0 Å². The van der Waals surface area contributed by atoms with Crippen molar-refractivity contribution >= 4 is 0 Å². The number of rotatable bonds is 2. The van der Waals surface area contributed by atoms with E-state index in [1.54, 1.807) is 0 Å². The van der Waals surface area contributed by atoms with Crippen molar-refractivity contribution in [2.75, 3.05) is 26.2 Å². The van der Waals surface area contributed by atoms with E-state index in [1.165, 1.54) is 0 Å². The number of piperazine rings is 1. The molecule has 2 rings (SSSR count). The quantitative estimate of drug-likeness (QED) is 0.844. The molecule has 1 aliphatic heterocycles. The lowest BCUT2D eigenvalue weighted by Crippen LogP contribution is -2.49. The van der Waals surface area contributed by atoms with E-state index in [1.807, 2.05) is 0 Å². The van der Waals surface area contributed by atoms with Gasteiger partial charge in [-0.3, -0.25) is 4.90 Å². The van der Waals surface area contributed by atoms with Crippen molar-refractivity contribution in [3.8, 4) is 0 Å². The molecule has 1 aliphatic rings. The Bertz CT molecular complexity index is 458.